The van der Waals surface area contributed by atoms with Crippen LogP contribution in [0.5, 0.6) is 0 Å². The maximum atomic E-state index is 11.2. The summed E-state index contributed by atoms with van der Waals surface area (Å²) in [4.78, 5) is 18.5. The second kappa shape index (κ2) is 5.17. The Labute approximate surface area is 116 Å². The molecule has 4 nitrogen and oxygen atoms in total. The van der Waals surface area contributed by atoms with Crippen LogP contribution in [0.4, 0.5) is 0 Å². The molecule has 0 saturated carbocycles. The molecule has 0 amide bonds. The van der Waals surface area contributed by atoms with Gasteiger partial charge in [-0.2, -0.15) is 0 Å². The zero-order valence-corrected chi connectivity index (χ0v) is 10.8. The average Bonchev–Trinajstić information content (AvgIpc) is 2.89. The summed E-state index contributed by atoms with van der Waals surface area (Å²) < 4.78 is 0. The Hall–Kier alpha value is -2.62. The molecule has 0 unspecified atom stereocenters. The number of carboxylic acid groups (broad SMARTS) is 1. The molecule has 1 atom stereocenters. The van der Waals surface area contributed by atoms with Crippen LogP contribution in [0.2, 0.25) is 0 Å². The molecule has 4 heteroatoms. The third kappa shape index (κ3) is 2.28. The molecule has 0 aliphatic heterocycles. The molecule has 0 aliphatic carbocycles. The van der Waals surface area contributed by atoms with Crippen molar-refractivity contribution in [3.8, 4) is 0 Å². The zero-order chi connectivity index (χ0) is 13.9. The Balaban J connectivity index is 2.12. The van der Waals surface area contributed by atoms with Crippen LogP contribution in [0, 0.1) is 0 Å². The number of hydrogen-bond acceptors (Lipinski definition) is 2. The van der Waals surface area contributed by atoms with Gasteiger partial charge in [0.15, 0.2) is 0 Å². The maximum absolute atomic E-state index is 11.2. The van der Waals surface area contributed by atoms with Gasteiger partial charge >= 0.3 is 5.97 Å². The number of para-hydroxylation sites is 1. The zero-order valence-electron chi connectivity index (χ0n) is 10.8. The van der Waals surface area contributed by atoms with Gasteiger partial charge in [-0.05, 0) is 23.3 Å². The monoisotopic (exact) mass is 266 g/mol. The predicted molar refractivity (Wildman–Crippen MR) is 76.6 cm³/mol. The Morgan fingerprint density at radius 3 is 2.85 bits per heavy atom. The highest BCUT2D eigenvalue weighted by Crippen LogP contribution is 2.32. The highest BCUT2D eigenvalue weighted by atomic mass is 16.4. The fourth-order valence-corrected chi connectivity index (χ4v) is 2.55. The van der Waals surface area contributed by atoms with Crippen LogP contribution in [0.15, 0.2) is 55.0 Å². The molecule has 0 aliphatic rings. The summed E-state index contributed by atoms with van der Waals surface area (Å²) in [5.74, 6) is -1.01. The number of carboxylic acids is 1. The van der Waals surface area contributed by atoms with E-state index in [4.69, 9.17) is 0 Å². The number of pyridine rings is 1. The highest BCUT2D eigenvalue weighted by Gasteiger charge is 2.21. The molecule has 0 radical (unpaired) electrons. The first kappa shape index (κ1) is 12.4. The molecule has 1 aromatic carbocycles. The number of aliphatic carboxylic acids is 1. The van der Waals surface area contributed by atoms with Gasteiger partial charge in [0.1, 0.15) is 0 Å². The summed E-state index contributed by atoms with van der Waals surface area (Å²) in [6, 6.07) is 11.7. The normalized spacial score (nSPS) is 12.4. The van der Waals surface area contributed by atoms with Gasteiger partial charge in [0, 0.05) is 35.4 Å². The van der Waals surface area contributed by atoms with E-state index in [2.05, 4.69) is 9.97 Å². The van der Waals surface area contributed by atoms with Gasteiger partial charge < -0.3 is 10.1 Å². The Morgan fingerprint density at radius 1 is 1.25 bits per heavy atom. The van der Waals surface area contributed by atoms with Crippen LogP contribution in [-0.4, -0.2) is 21.0 Å². The standard InChI is InChI=1S/C16H14N2O2/c19-16(20)8-13(11-4-3-7-17-9-11)14-10-18-15-6-2-1-5-12(14)15/h1-7,9-10,13,18H,8H2,(H,19,20)/t13-/m0/s1. The van der Waals surface area contributed by atoms with Crippen molar-refractivity contribution >= 4 is 16.9 Å². The predicted octanol–water partition coefficient (Wildman–Crippen LogP) is 3.17. The summed E-state index contributed by atoms with van der Waals surface area (Å²) in [5.41, 5.74) is 2.93. The lowest BCUT2D eigenvalue weighted by molar-refractivity contribution is -0.137. The van der Waals surface area contributed by atoms with Crippen molar-refractivity contribution in [2.45, 2.75) is 12.3 Å². The van der Waals surface area contributed by atoms with E-state index in [1.54, 1.807) is 12.4 Å². The third-order valence-electron chi connectivity index (χ3n) is 3.46. The highest BCUT2D eigenvalue weighted by molar-refractivity contribution is 5.85. The minimum Gasteiger partial charge on any atom is -0.481 e. The van der Waals surface area contributed by atoms with Gasteiger partial charge in [-0.3, -0.25) is 9.78 Å². The molecule has 3 rings (SSSR count). The third-order valence-corrected chi connectivity index (χ3v) is 3.46. The molecular formula is C16H14N2O2. The van der Waals surface area contributed by atoms with E-state index in [1.165, 1.54) is 0 Å². The van der Waals surface area contributed by atoms with Crippen LogP contribution in [0.3, 0.4) is 0 Å². The molecule has 0 bridgehead atoms. The summed E-state index contributed by atoms with van der Waals surface area (Å²) in [6.07, 6.45) is 5.37. The molecule has 0 fully saturated rings. The first-order valence-electron chi connectivity index (χ1n) is 6.43. The number of hydrogen-bond donors (Lipinski definition) is 2. The number of H-pyrrole nitrogens is 1. The van der Waals surface area contributed by atoms with E-state index in [0.717, 1.165) is 22.0 Å². The van der Waals surface area contributed by atoms with Gasteiger partial charge in [-0.25, -0.2) is 0 Å². The van der Waals surface area contributed by atoms with E-state index < -0.39 is 5.97 Å². The number of fused-ring (bicyclic) bond motifs is 1. The smallest absolute Gasteiger partial charge is 0.304 e. The van der Waals surface area contributed by atoms with Gasteiger partial charge in [-0.1, -0.05) is 24.3 Å². The Bertz CT molecular complexity index is 734. The summed E-state index contributed by atoms with van der Waals surface area (Å²) in [5, 5.41) is 10.2. The lowest BCUT2D eigenvalue weighted by Crippen LogP contribution is -2.07. The first-order chi connectivity index (χ1) is 9.75. The number of rotatable bonds is 4. The fourth-order valence-electron chi connectivity index (χ4n) is 2.55. The average molecular weight is 266 g/mol. The molecule has 0 saturated heterocycles. The Morgan fingerprint density at radius 2 is 2.10 bits per heavy atom. The summed E-state index contributed by atoms with van der Waals surface area (Å²) in [6.45, 7) is 0. The SMILES string of the molecule is O=C(O)C[C@@H](c1cccnc1)c1c[nH]c2ccccc12. The van der Waals surface area contributed by atoms with Gasteiger partial charge in [0.25, 0.3) is 0 Å². The molecule has 2 heterocycles. The summed E-state index contributed by atoms with van der Waals surface area (Å²) in [7, 11) is 0. The quantitative estimate of drug-likeness (QED) is 0.762. The van der Waals surface area contributed by atoms with Crippen LogP contribution in [0.1, 0.15) is 23.5 Å². The second-order valence-electron chi connectivity index (χ2n) is 4.73. The van der Waals surface area contributed by atoms with Crippen LogP contribution >= 0.6 is 0 Å². The molecule has 20 heavy (non-hydrogen) atoms. The Kier molecular flexibility index (Phi) is 3.21. The largest absolute Gasteiger partial charge is 0.481 e. The van der Waals surface area contributed by atoms with Crippen LogP contribution in [0.25, 0.3) is 10.9 Å². The van der Waals surface area contributed by atoms with Crippen molar-refractivity contribution in [1.82, 2.24) is 9.97 Å². The molecule has 3 aromatic rings. The van der Waals surface area contributed by atoms with Crippen molar-refractivity contribution < 1.29 is 9.90 Å². The van der Waals surface area contributed by atoms with Crippen LogP contribution in [-0.2, 0) is 4.79 Å². The number of carbonyl (C=O) groups is 1. The van der Waals surface area contributed by atoms with Crippen LogP contribution < -0.4 is 0 Å². The molecule has 2 N–H and O–H groups in total. The van der Waals surface area contributed by atoms with Crippen molar-refractivity contribution in [3.63, 3.8) is 0 Å². The number of aromatic amines is 1. The second-order valence-corrected chi connectivity index (χ2v) is 4.73. The van der Waals surface area contributed by atoms with E-state index in [0.29, 0.717) is 0 Å². The minimum absolute atomic E-state index is 0.0491. The number of aromatic nitrogens is 2. The molecule has 0 spiro atoms. The lowest BCUT2D eigenvalue weighted by atomic mass is 9.89. The van der Waals surface area contributed by atoms with E-state index in [9.17, 15) is 9.90 Å². The van der Waals surface area contributed by atoms with Crippen molar-refractivity contribution in [3.05, 3.63) is 66.1 Å². The fraction of sp³-hybridized carbons (Fsp3) is 0.125. The lowest BCUT2D eigenvalue weighted by Gasteiger charge is -2.14. The topological polar surface area (TPSA) is 66.0 Å². The maximum Gasteiger partial charge on any atom is 0.304 e. The number of benzene rings is 1. The first-order valence-corrected chi connectivity index (χ1v) is 6.43. The molecule has 2 aromatic heterocycles. The van der Waals surface area contributed by atoms with Gasteiger partial charge in [0.05, 0.1) is 6.42 Å². The number of nitrogens with one attached hydrogen (secondary N) is 1. The van der Waals surface area contributed by atoms with Gasteiger partial charge in [0.2, 0.25) is 0 Å². The van der Waals surface area contributed by atoms with E-state index in [-0.39, 0.29) is 12.3 Å². The summed E-state index contributed by atoms with van der Waals surface area (Å²) >= 11 is 0. The van der Waals surface area contributed by atoms with Crippen molar-refractivity contribution in [2.24, 2.45) is 0 Å². The number of nitrogens with zero attached hydrogens (tertiary/aromatic N) is 1. The van der Waals surface area contributed by atoms with Crippen molar-refractivity contribution in [1.29, 1.82) is 0 Å². The molecular weight excluding hydrogens is 252 g/mol. The van der Waals surface area contributed by atoms with Crippen molar-refractivity contribution in [2.75, 3.05) is 0 Å². The minimum atomic E-state index is -0.816. The van der Waals surface area contributed by atoms with E-state index in [1.807, 2.05) is 42.6 Å². The van der Waals surface area contributed by atoms with E-state index >= 15 is 0 Å². The molecule has 100 valence electrons. The van der Waals surface area contributed by atoms with Gasteiger partial charge in [-0.15, -0.1) is 0 Å².